The van der Waals surface area contributed by atoms with Crippen molar-refractivity contribution in [2.45, 2.75) is 13.0 Å². The maximum Gasteiger partial charge on any atom is 0.259 e. The zero-order valence-electron chi connectivity index (χ0n) is 17.7. The molecule has 1 amide bonds. The molecule has 4 aromatic carbocycles. The minimum atomic E-state index is -0.444. The van der Waals surface area contributed by atoms with Crippen molar-refractivity contribution in [2.24, 2.45) is 0 Å². The van der Waals surface area contributed by atoms with Crippen LogP contribution < -0.4 is 4.90 Å². The van der Waals surface area contributed by atoms with E-state index in [2.05, 4.69) is 47.4 Å². The largest absolute Gasteiger partial charge is 0.289 e. The van der Waals surface area contributed by atoms with Crippen molar-refractivity contribution in [3.8, 4) is 11.8 Å². The monoisotopic (exact) mass is 527 g/mol. The molecule has 0 fully saturated rings. The normalized spacial score (nSPS) is 11.2. The molecular formula is C29H22INO. The predicted octanol–water partition coefficient (Wildman–Crippen LogP) is 7.04. The van der Waals surface area contributed by atoms with Crippen LogP contribution in [0, 0.1) is 22.3 Å². The fraction of sp³-hybridized carbons (Fsp3) is 0.0690. The molecule has 2 nitrogen and oxygen atoms in total. The van der Waals surface area contributed by atoms with Gasteiger partial charge in [-0.3, -0.25) is 9.69 Å². The maximum absolute atomic E-state index is 13.9. The first-order valence-corrected chi connectivity index (χ1v) is 11.5. The van der Waals surface area contributed by atoms with Crippen molar-refractivity contribution < 1.29 is 4.79 Å². The van der Waals surface area contributed by atoms with Crippen molar-refractivity contribution in [2.75, 3.05) is 4.90 Å². The lowest BCUT2D eigenvalue weighted by Gasteiger charge is -2.30. The minimum absolute atomic E-state index is 0.0800. The molecule has 0 aliphatic heterocycles. The first-order chi connectivity index (χ1) is 15.6. The van der Waals surface area contributed by atoms with Gasteiger partial charge in [0.15, 0.2) is 0 Å². The van der Waals surface area contributed by atoms with E-state index in [1.807, 2.05) is 108 Å². The number of anilines is 1. The molecule has 0 saturated carbocycles. The van der Waals surface area contributed by atoms with Crippen LogP contribution in [0.4, 0.5) is 5.69 Å². The molecular weight excluding hydrogens is 505 g/mol. The van der Waals surface area contributed by atoms with Gasteiger partial charge in [-0.25, -0.2) is 0 Å². The van der Waals surface area contributed by atoms with E-state index in [1.165, 1.54) is 0 Å². The van der Waals surface area contributed by atoms with Gasteiger partial charge in [0, 0.05) is 14.7 Å². The Morgan fingerprint density at radius 3 is 2.03 bits per heavy atom. The molecule has 0 aliphatic carbocycles. The summed E-state index contributed by atoms with van der Waals surface area (Å²) in [5.74, 6) is 6.60. The van der Waals surface area contributed by atoms with Crippen LogP contribution in [-0.4, -0.2) is 5.91 Å². The van der Waals surface area contributed by atoms with Gasteiger partial charge in [0.1, 0.15) is 6.04 Å². The quantitative estimate of drug-likeness (QED) is 0.206. The summed E-state index contributed by atoms with van der Waals surface area (Å²) in [6.07, 6.45) is 0. The second-order valence-electron chi connectivity index (χ2n) is 7.44. The third kappa shape index (κ3) is 5.09. The number of nitrogens with zero attached hydrogens (tertiary/aromatic N) is 1. The van der Waals surface area contributed by atoms with Gasteiger partial charge in [0.25, 0.3) is 5.91 Å². The molecule has 0 saturated heterocycles. The predicted molar refractivity (Wildman–Crippen MR) is 140 cm³/mol. The van der Waals surface area contributed by atoms with Crippen molar-refractivity contribution in [3.63, 3.8) is 0 Å². The number of amides is 1. The standard InChI is InChI=1S/C29H22INO/c1-22-17-19-28(26(30)21-22)31(29(32)25-15-9-4-10-16-25)27(24-13-7-3-8-14-24)20-18-23-11-5-2-6-12-23/h2-17,19,21,27H,1H3. The van der Waals surface area contributed by atoms with Gasteiger partial charge >= 0.3 is 0 Å². The van der Waals surface area contributed by atoms with Crippen LogP contribution in [0.15, 0.2) is 109 Å². The highest BCUT2D eigenvalue weighted by atomic mass is 127. The number of carbonyl (C=O) groups excluding carboxylic acids is 1. The van der Waals surface area contributed by atoms with Crippen molar-refractivity contribution in [3.05, 3.63) is 135 Å². The lowest BCUT2D eigenvalue weighted by atomic mass is 10.0. The van der Waals surface area contributed by atoms with E-state index < -0.39 is 6.04 Å². The summed E-state index contributed by atoms with van der Waals surface area (Å²) in [5, 5.41) is 0. The molecule has 1 atom stereocenters. The summed E-state index contributed by atoms with van der Waals surface area (Å²) in [6, 6.07) is 35.0. The second kappa shape index (κ2) is 10.3. The highest BCUT2D eigenvalue weighted by Crippen LogP contribution is 2.33. The van der Waals surface area contributed by atoms with Crippen LogP contribution in [-0.2, 0) is 0 Å². The topological polar surface area (TPSA) is 20.3 Å². The first-order valence-electron chi connectivity index (χ1n) is 10.4. The number of carbonyl (C=O) groups is 1. The van der Waals surface area contributed by atoms with E-state index in [0.717, 1.165) is 25.9 Å². The zero-order chi connectivity index (χ0) is 22.3. The van der Waals surface area contributed by atoms with Crippen LogP contribution in [0.3, 0.4) is 0 Å². The third-order valence-corrected chi connectivity index (χ3v) is 5.97. The molecule has 0 radical (unpaired) electrons. The number of hydrogen-bond acceptors (Lipinski definition) is 1. The third-order valence-electron chi connectivity index (χ3n) is 5.10. The second-order valence-corrected chi connectivity index (χ2v) is 8.61. The number of benzene rings is 4. The fourth-order valence-corrected chi connectivity index (χ4v) is 4.43. The number of rotatable bonds is 4. The molecule has 3 heteroatoms. The van der Waals surface area contributed by atoms with Crippen LogP contribution >= 0.6 is 22.6 Å². The fourth-order valence-electron chi connectivity index (χ4n) is 3.50. The van der Waals surface area contributed by atoms with Gasteiger partial charge < -0.3 is 0 Å². The SMILES string of the molecule is Cc1ccc(N(C(=O)c2ccccc2)C(C#Cc2ccccc2)c2ccccc2)c(I)c1. The van der Waals surface area contributed by atoms with Gasteiger partial charge in [-0.05, 0) is 77.0 Å². The van der Waals surface area contributed by atoms with Crippen molar-refractivity contribution in [1.82, 2.24) is 0 Å². The summed E-state index contributed by atoms with van der Waals surface area (Å²) in [6.45, 7) is 2.05. The lowest BCUT2D eigenvalue weighted by molar-refractivity contribution is 0.0981. The summed E-state index contributed by atoms with van der Waals surface area (Å²) < 4.78 is 1.01. The van der Waals surface area contributed by atoms with E-state index in [9.17, 15) is 4.79 Å². The van der Waals surface area contributed by atoms with E-state index in [1.54, 1.807) is 0 Å². The molecule has 4 rings (SSSR count). The Morgan fingerprint density at radius 1 is 0.812 bits per heavy atom. The summed E-state index contributed by atoms with van der Waals surface area (Å²) >= 11 is 2.30. The molecule has 0 aliphatic rings. The average Bonchev–Trinajstić information content (AvgIpc) is 2.84. The Balaban J connectivity index is 1.90. The molecule has 156 valence electrons. The minimum Gasteiger partial charge on any atom is -0.289 e. The molecule has 0 spiro atoms. The number of aryl methyl sites for hydroxylation is 1. The molecule has 4 aromatic rings. The van der Waals surface area contributed by atoms with Crippen molar-refractivity contribution >= 4 is 34.2 Å². The maximum atomic E-state index is 13.9. The average molecular weight is 527 g/mol. The van der Waals surface area contributed by atoms with Crippen molar-refractivity contribution in [1.29, 1.82) is 0 Å². The van der Waals surface area contributed by atoms with E-state index in [0.29, 0.717) is 5.56 Å². The van der Waals surface area contributed by atoms with Gasteiger partial charge in [-0.1, -0.05) is 84.6 Å². The molecule has 0 N–H and O–H groups in total. The Labute approximate surface area is 203 Å². The number of hydrogen-bond donors (Lipinski definition) is 0. The Hall–Kier alpha value is -3.36. The first kappa shape index (κ1) is 21.9. The van der Waals surface area contributed by atoms with E-state index in [-0.39, 0.29) is 5.91 Å². The molecule has 0 aromatic heterocycles. The van der Waals surface area contributed by atoms with Gasteiger partial charge in [-0.2, -0.15) is 0 Å². The summed E-state index contributed by atoms with van der Waals surface area (Å²) in [5.41, 5.74) is 4.51. The highest BCUT2D eigenvalue weighted by Gasteiger charge is 2.28. The van der Waals surface area contributed by atoms with Crippen LogP contribution in [0.1, 0.15) is 33.1 Å². The summed E-state index contributed by atoms with van der Waals surface area (Å²) in [4.78, 5) is 15.7. The van der Waals surface area contributed by atoms with Crippen LogP contribution in [0.2, 0.25) is 0 Å². The zero-order valence-corrected chi connectivity index (χ0v) is 19.9. The van der Waals surface area contributed by atoms with E-state index in [4.69, 9.17) is 0 Å². The Kier molecular flexibility index (Phi) is 7.03. The lowest BCUT2D eigenvalue weighted by Crippen LogP contribution is -2.35. The number of halogens is 1. The molecule has 1 unspecified atom stereocenters. The smallest absolute Gasteiger partial charge is 0.259 e. The summed E-state index contributed by atoms with van der Waals surface area (Å²) in [7, 11) is 0. The van der Waals surface area contributed by atoms with E-state index >= 15 is 0 Å². The highest BCUT2D eigenvalue weighted by molar-refractivity contribution is 14.1. The molecule has 32 heavy (non-hydrogen) atoms. The molecule has 0 heterocycles. The van der Waals surface area contributed by atoms with Gasteiger partial charge in [-0.15, -0.1) is 0 Å². The van der Waals surface area contributed by atoms with Gasteiger partial charge in [0.2, 0.25) is 0 Å². The Morgan fingerprint density at radius 2 is 1.41 bits per heavy atom. The Bertz CT molecular complexity index is 1260. The molecule has 0 bridgehead atoms. The van der Waals surface area contributed by atoms with Gasteiger partial charge in [0.05, 0.1) is 5.69 Å². The van der Waals surface area contributed by atoms with Crippen LogP contribution in [0.5, 0.6) is 0 Å². The van der Waals surface area contributed by atoms with Crippen LogP contribution in [0.25, 0.3) is 0 Å².